The molecule has 1 saturated heterocycles. The number of hydrogen-bond donors (Lipinski definition) is 2. The van der Waals surface area contributed by atoms with E-state index in [2.05, 4.69) is 10.0 Å². The van der Waals surface area contributed by atoms with E-state index in [1.54, 1.807) is 7.05 Å². The Bertz CT molecular complexity index is 647. The molecule has 0 spiro atoms. The summed E-state index contributed by atoms with van der Waals surface area (Å²) in [5.74, 6) is 0. The fourth-order valence-electron chi connectivity index (χ4n) is 2.36. The van der Waals surface area contributed by atoms with E-state index in [-0.39, 0.29) is 10.9 Å². The van der Waals surface area contributed by atoms with Gasteiger partial charge in [0.2, 0.25) is 10.0 Å². The summed E-state index contributed by atoms with van der Waals surface area (Å²) < 4.78 is 27.3. The van der Waals surface area contributed by atoms with Gasteiger partial charge in [0.1, 0.15) is 0 Å². The van der Waals surface area contributed by atoms with Crippen LogP contribution in [-0.2, 0) is 10.0 Å². The Balaban J connectivity index is 2.33. The molecule has 0 bridgehead atoms. The summed E-state index contributed by atoms with van der Waals surface area (Å²) in [5, 5.41) is 13.9. The molecule has 1 heterocycles. The van der Waals surface area contributed by atoms with Crippen molar-refractivity contribution in [2.45, 2.75) is 17.4 Å². The second kappa shape index (κ2) is 5.96. The Hall–Kier alpha value is -1.71. The fraction of sp³-hybridized carbons (Fsp3) is 0.500. The van der Waals surface area contributed by atoms with Crippen molar-refractivity contribution in [3.63, 3.8) is 0 Å². The van der Waals surface area contributed by atoms with E-state index in [1.807, 2.05) is 11.9 Å². The van der Waals surface area contributed by atoms with Crippen molar-refractivity contribution in [2.75, 3.05) is 32.5 Å². The topological polar surface area (TPSA) is 105 Å². The van der Waals surface area contributed by atoms with Gasteiger partial charge in [0.25, 0.3) is 5.69 Å². The number of rotatable bonds is 5. The van der Waals surface area contributed by atoms with Crippen molar-refractivity contribution in [3.8, 4) is 0 Å². The van der Waals surface area contributed by atoms with Crippen molar-refractivity contribution < 1.29 is 13.3 Å². The van der Waals surface area contributed by atoms with Gasteiger partial charge in [-0.25, -0.2) is 13.1 Å². The minimum Gasteiger partial charge on any atom is -0.388 e. The summed E-state index contributed by atoms with van der Waals surface area (Å²) in [6, 6.07) is 3.76. The average molecular weight is 314 g/mol. The van der Waals surface area contributed by atoms with E-state index in [4.69, 9.17) is 0 Å². The molecule has 9 heteroatoms. The molecule has 0 radical (unpaired) electrons. The van der Waals surface area contributed by atoms with Gasteiger partial charge in [0.05, 0.1) is 4.92 Å². The molecule has 0 saturated carbocycles. The van der Waals surface area contributed by atoms with Crippen LogP contribution in [0, 0.1) is 10.1 Å². The van der Waals surface area contributed by atoms with Gasteiger partial charge in [-0.15, -0.1) is 0 Å². The molecule has 1 unspecified atom stereocenters. The number of sulfonamides is 1. The van der Waals surface area contributed by atoms with Crippen molar-refractivity contribution in [1.29, 1.82) is 0 Å². The zero-order valence-electron chi connectivity index (χ0n) is 11.9. The molecule has 0 aliphatic carbocycles. The Kier molecular flexibility index (Phi) is 4.45. The lowest BCUT2D eigenvalue weighted by Gasteiger charge is -2.13. The first-order valence-electron chi connectivity index (χ1n) is 6.50. The number of benzene rings is 1. The largest absolute Gasteiger partial charge is 0.388 e. The SMILES string of the molecule is CNc1ccc(S(=O)(=O)NC2CCN(C)C2)c([N+](=O)[O-])c1. The van der Waals surface area contributed by atoms with Crippen LogP contribution in [0.3, 0.4) is 0 Å². The molecule has 0 aromatic heterocycles. The van der Waals surface area contributed by atoms with Gasteiger partial charge in [-0.3, -0.25) is 10.1 Å². The molecule has 2 N–H and O–H groups in total. The predicted octanol–water partition coefficient (Wildman–Crippen LogP) is 0.619. The normalized spacial score (nSPS) is 19.6. The zero-order valence-corrected chi connectivity index (χ0v) is 12.7. The van der Waals surface area contributed by atoms with Crippen molar-refractivity contribution >= 4 is 21.4 Å². The van der Waals surface area contributed by atoms with Crippen LogP contribution in [0.4, 0.5) is 11.4 Å². The summed E-state index contributed by atoms with van der Waals surface area (Å²) >= 11 is 0. The molecular weight excluding hydrogens is 296 g/mol. The van der Waals surface area contributed by atoms with Gasteiger partial charge in [-0.05, 0) is 32.1 Å². The maximum atomic E-state index is 12.4. The lowest BCUT2D eigenvalue weighted by atomic mass is 10.3. The van der Waals surface area contributed by atoms with Crippen LogP contribution in [0.1, 0.15) is 6.42 Å². The van der Waals surface area contributed by atoms with Gasteiger partial charge < -0.3 is 10.2 Å². The quantitative estimate of drug-likeness (QED) is 0.610. The molecule has 1 fully saturated rings. The Morgan fingerprint density at radius 1 is 1.43 bits per heavy atom. The first kappa shape index (κ1) is 15.7. The molecule has 1 aliphatic rings. The van der Waals surface area contributed by atoms with E-state index in [9.17, 15) is 18.5 Å². The number of hydrogen-bond acceptors (Lipinski definition) is 6. The molecule has 8 nitrogen and oxygen atoms in total. The van der Waals surface area contributed by atoms with Crippen LogP contribution in [0.25, 0.3) is 0 Å². The van der Waals surface area contributed by atoms with Gasteiger partial charge in [0, 0.05) is 31.4 Å². The third-order valence-corrected chi connectivity index (χ3v) is 5.01. The Morgan fingerprint density at radius 2 is 2.14 bits per heavy atom. The highest BCUT2D eigenvalue weighted by molar-refractivity contribution is 7.89. The molecule has 1 aromatic rings. The molecular formula is C12H18N4O4S. The molecule has 1 aliphatic heterocycles. The summed E-state index contributed by atoms with van der Waals surface area (Å²) in [5.41, 5.74) is 0.0574. The lowest BCUT2D eigenvalue weighted by molar-refractivity contribution is -0.387. The molecule has 0 amide bonds. The first-order valence-corrected chi connectivity index (χ1v) is 7.99. The van der Waals surface area contributed by atoms with E-state index >= 15 is 0 Å². The third kappa shape index (κ3) is 3.49. The number of likely N-dealkylation sites (N-methyl/N-ethyl adjacent to an activating group) is 1. The number of nitrogens with one attached hydrogen (secondary N) is 2. The van der Waals surface area contributed by atoms with E-state index in [0.717, 1.165) is 6.54 Å². The average Bonchev–Trinajstić information content (AvgIpc) is 2.82. The van der Waals surface area contributed by atoms with Crippen molar-refractivity contribution in [1.82, 2.24) is 9.62 Å². The minimum absolute atomic E-state index is 0.219. The zero-order chi connectivity index (χ0) is 15.6. The number of nitro groups is 1. The smallest absolute Gasteiger partial charge is 0.291 e. The maximum absolute atomic E-state index is 12.4. The van der Waals surface area contributed by atoms with Crippen molar-refractivity contribution in [3.05, 3.63) is 28.3 Å². The van der Waals surface area contributed by atoms with Gasteiger partial charge in [0.15, 0.2) is 4.90 Å². The predicted molar refractivity (Wildman–Crippen MR) is 78.9 cm³/mol. The summed E-state index contributed by atoms with van der Waals surface area (Å²) in [6.45, 7) is 1.40. The summed E-state index contributed by atoms with van der Waals surface area (Å²) in [7, 11) is -0.402. The minimum atomic E-state index is -3.91. The van der Waals surface area contributed by atoms with Crippen molar-refractivity contribution in [2.24, 2.45) is 0 Å². The van der Waals surface area contributed by atoms with Crippen LogP contribution in [0.15, 0.2) is 23.1 Å². The maximum Gasteiger partial charge on any atom is 0.291 e. The molecule has 21 heavy (non-hydrogen) atoms. The second-order valence-corrected chi connectivity index (χ2v) is 6.74. The molecule has 1 atom stereocenters. The van der Waals surface area contributed by atoms with Gasteiger partial charge in [-0.1, -0.05) is 0 Å². The highest BCUT2D eigenvalue weighted by Crippen LogP contribution is 2.27. The fourth-order valence-corrected chi connectivity index (χ4v) is 3.77. The molecule has 1 aromatic carbocycles. The first-order chi connectivity index (χ1) is 9.83. The number of anilines is 1. The highest BCUT2D eigenvalue weighted by atomic mass is 32.2. The van der Waals surface area contributed by atoms with Crippen LogP contribution in [-0.4, -0.2) is 51.5 Å². The van der Waals surface area contributed by atoms with Gasteiger partial charge >= 0.3 is 0 Å². The summed E-state index contributed by atoms with van der Waals surface area (Å²) in [4.78, 5) is 12.1. The second-order valence-electron chi connectivity index (χ2n) is 5.06. The van der Waals surface area contributed by atoms with Crippen LogP contribution in [0.2, 0.25) is 0 Å². The monoisotopic (exact) mass is 314 g/mol. The van der Waals surface area contributed by atoms with Crippen LogP contribution >= 0.6 is 0 Å². The number of nitrogens with zero attached hydrogens (tertiary/aromatic N) is 2. The summed E-state index contributed by atoms with van der Waals surface area (Å²) in [6.07, 6.45) is 0.693. The Labute approximate surface area is 123 Å². The lowest BCUT2D eigenvalue weighted by Crippen LogP contribution is -2.36. The Morgan fingerprint density at radius 3 is 2.67 bits per heavy atom. The van der Waals surface area contributed by atoms with Gasteiger partial charge in [-0.2, -0.15) is 0 Å². The third-order valence-electron chi connectivity index (χ3n) is 3.45. The van der Waals surface area contributed by atoms with Crippen LogP contribution in [0.5, 0.6) is 0 Å². The number of nitro benzene ring substituents is 1. The van der Waals surface area contributed by atoms with E-state index in [0.29, 0.717) is 18.7 Å². The number of likely N-dealkylation sites (tertiary alicyclic amines) is 1. The van der Waals surface area contributed by atoms with E-state index < -0.39 is 20.6 Å². The highest BCUT2D eigenvalue weighted by Gasteiger charge is 2.30. The standard InChI is InChI=1S/C12H18N4O4S/c1-13-9-3-4-12(11(7-9)16(17)18)21(19,20)14-10-5-6-15(2)8-10/h3-4,7,10,13-14H,5-6,8H2,1-2H3. The molecule has 2 rings (SSSR count). The van der Waals surface area contributed by atoms with Crippen LogP contribution < -0.4 is 10.0 Å². The van der Waals surface area contributed by atoms with E-state index in [1.165, 1.54) is 18.2 Å². The molecule has 116 valence electrons.